The Morgan fingerprint density at radius 2 is 1.94 bits per heavy atom. The molecule has 1 heterocycles. The van der Waals surface area contributed by atoms with E-state index in [1.54, 1.807) is 7.05 Å². The molecule has 0 aliphatic carbocycles. The van der Waals surface area contributed by atoms with Gasteiger partial charge in [-0.1, -0.05) is 20.8 Å². The van der Waals surface area contributed by atoms with Gasteiger partial charge in [-0.05, 0) is 25.7 Å². The van der Waals surface area contributed by atoms with E-state index in [4.69, 9.17) is 4.74 Å². The summed E-state index contributed by atoms with van der Waals surface area (Å²) in [5.74, 6) is -0.483. The molecule has 0 aromatic carbocycles. The van der Waals surface area contributed by atoms with Gasteiger partial charge in [0.1, 0.15) is 5.60 Å². The van der Waals surface area contributed by atoms with Crippen LogP contribution in [0, 0.1) is 5.41 Å². The van der Waals surface area contributed by atoms with Gasteiger partial charge in [0.05, 0.1) is 6.54 Å². The molecule has 1 aliphatic rings. The highest BCUT2D eigenvalue weighted by Gasteiger charge is 2.37. The Hall–Kier alpha value is -1.10. The van der Waals surface area contributed by atoms with Crippen LogP contribution < -0.4 is 5.32 Å². The number of esters is 1. The van der Waals surface area contributed by atoms with Gasteiger partial charge in [0.2, 0.25) is 5.91 Å². The van der Waals surface area contributed by atoms with Crippen molar-refractivity contribution in [2.75, 3.05) is 13.6 Å². The summed E-state index contributed by atoms with van der Waals surface area (Å²) in [6.07, 6.45) is 0.104. The molecule has 18 heavy (non-hydrogen) atoms. The molecule has 0 spiro atoms. The Morgan fingerprint density at radius 3 is 2.33 bits per heavy atom. The SMILES string of the molecule is CN1C(=O)CN[C@@H]1C(=O)OC(C)(C)CC(C)(C)C. The maximum absolute atomic E-state index is 12.0. The van der Waals surface area contributed by atoms with Gasteiger partial charge in [-0.3, -0.25) is 10.1 Å². The van der Waals surface area contributed by atoms with E-state index < -0.39 is 17.7 Å². The zero-order valence-corrected chi connectivity index (χ0v) is 12.2. The third kappa shape index (κ3) is 3.98. The molecule has 0 saturated carbocycles. The molecule has 1 aliphatic heterocycles. The number of likely N-dealkylation sites (N-methyl/N-ethyl adjacent to an activating group) is 1. The zero-order chi connectivity index (χ0) is 14.1. The second kappa shape index (κ2) is 4.88. The van der Waals surface area contributed by atoms with E-state index in [0.717, 1.165) is 6.42 Å². The minimum Gasteiger partial charge on any atom is -0.457 e. The molecule has 1 saturated heterocycles. The van der Waals surface area contributed by atoms with Crippen molar-refractivity contribution in [1.82, 2.24) is 10.2 Å². The predicted molar refractivity (Wildman–Crippen MR) is 68.8 cm³/mol. The Morgan fingerprint density at radius 1 is 1.39 bits per heavy atom. The average molecular weight is 256 g/mol. The van der Waals surface area contributed by atoms with Crippen LogP contribution in [-0.2, 0) is 14.3 Å². The third-order valence-corrected chi connectivity index (χ3v) is 2.78. The number of hydrogen-bond acceptors (Lipinski definition) is 4. The number of carbonyl (C=O) groups excluding carboxylic acids is 2. The number of nitrogens with zero attached hydrogens (tertiary/aromatic N) is 1. The first-order chi connectivity index (χ1) is 8.02. The minimum atomic E-state index is -0.656. The maximum atomic E-state index is 12.0. The van der Waals surface area contributed by atoms with Gasteiger partial charge in [-0.2, -0.15) is 0 Å². The van der Waals surface area contributed by atoms with Crippen LogP contribution in [0.4, 0.5) is 0 Å². The number of amides is 1. The summed E-state index contributed by atoms with van der Waals surface area (Å²) in [5.41, 5.74) is -0.460. The van der Waals surface area contributed by atoms with E-state index in [1.165, 1.54) is 4.90 Å². The number of nitrogens with one attached hydrogen (secondary N) is 1. The van der Waals surface area contributed by atoms with Crippen molar-refractivity contribution >= 4 is 11.9 Å². The van der Waals surface area contributed by atoms with Crippen LogP contribution in [0.2, 0.25) is 0 Å². The molecule has 0 aromatic heterocycles. The van der Waals surface area contributed by atoms with E-state index in [2.05, 4.69) is 26.1 Å². The van der Waals surface area contributed by atoms with Crippen molar-refractivity contribution in [3.05, 3.63) is 0 Å². The van der Waals surface area contributed by atoms with Crippen LogP contribution in [0.25, 0.3) is 0 Å². The molecular weight excluding hydrogens is 232 g/mol. The van der Waals surface area contributed by atoms with Gasteiger partial charge in [0, 0.05) is 7.05 Å². The van der Waals surface area contributed by atoms with Crippen molar-refractivity contribution in [2.45, 2.75) is 52.8 Å². The summed E-state index contributed by atoms with van der Waals surface area (Å²) in [7, 11) is 1.60. The van der Waals surface area contributed by atoms with E-state index in [-0.39, 0.29) is 17.9 Å². The lowest BCUT2D eigenvalue weighted by molar-refractivity contribution is -0.166. The lowest BCUT2D eigenvalue weighted by atomic mass is 9.83. The number of hydrogen-bond donors (Lipinski definition) is 1. The first kappa shape index (κ1) is 15.0. The number of rotatable bonds is 3. The molecule has 0 unspecified atom stereocenters. The second-order valence-corrected chi connectivity index (χ2v) is 6.71. The lowest BCUT2D eigenvalue weighted by Crippen LogP contribution is -2.46. The normalized spacial score (nSPS) is 21.3. The smallest absolute Gasteiger partial charge is 0.344 e. The minimum absolute atomic E-state index is 0.0780. The van der Waals surface area contributed by atoms with Crippen molar-refractivity contribution in [1.29, 1.82) is 0 Å². The molecule has 0 radical (unpaired) electrons. The highest BCUT2D eigenvalue weighted by molar-refractivity contribution is 5.88. The monoisotopic (exact) mass is 256 g/mol. The van der Waals surface area contributed by atoms with Gasteiger partial charge >= 0.3 is 5.97 Å². The van der Waals surface area contributed by atoms with E-state index in [0.29, 0.717) is 0 Å². The molecule has 0 bridgehead atoms. The summed E-state index contributed by atoms with van der Waals surface area (Å²) >= 11 is 0. The molecule has 1 N–H and O–H groups in total. The van der Waals surface area contributed by atoms with Gasteiger partial charge in [-0.15, -0.1) is 0 Å². The summed E-state index contributed by atoms with van der Waals surface area (Å²) in [5, 5.41) is 2.84. The highest BCUT2D eigenvalue weighted by atomic mass is 16.6. The topological polar surface area (TPSA) is 58.6 Å². The zero-order valence-electron chi connectivity index (χ0n) is 12.2. The van der Waals surface area contributed by atoms with E-state index >= 15 is 0 Å². The van der Waals surface area contributed by atoms with Crippen molar-refractivity contribution < 1.29 is 14.3 Å². The molecular formula is C13H24N2O3. The maximum Gasteiger partial charge on any atom is 0.344 e. The summed E-state index contributed by atoms with van der Waals surface area (Å²) < 4.78 is 5.52. The summed E-state index contributed by atoms with van der Waals surface area (Å²) in [6, 6.07) is 0. The van der Waals surface area contributed by atoms with Crippen LogP contribution in [0.1, 0.15) is 41.0 Å². The third-order valence-electron chi connectivity index (χ3n) is 2.78. The molecule has 104 valence electrons. The summed E-state index contributed by atoms with van der Waals surface area (Å²) in [6.45, 7) is 10.3. The lowest BCUT2D eigenvalue weighted by Gasteiger charge is -2.33. The largest absolute Gasteiger partial charge is 0.457 e. The summed E-state index contributed by atoms with van der Waals surface area (Å²) in [4.78, 5) is 24.7. The van der Waals surface area contributed by atoms with Gasteiger partial charge < -0.3 is 9.64 Å². The van der Waals surface area contributed by atoms with Gasteiger partial charge in [0.25, 0.3) is 0 Å². The van der Waals surface area contributed by atoms with E-state index in [9.17, 15) is 9.59 Å². The number of carbonyl (C=O) groups is 2. The fraction of sp³-hybridized carbons (Fsp3) is 0.846. The van der Waals surface area contributed by atoms with Crippen LogP contribution in [0.5, 0.6) is 0 Å². The number of ether oxygens (including phenoxy) is 1. The van der Waals surface area contributed by atoms with Crippen molar-refractivity contribution in [3.8, 4) is 0 Å². The average Bonchev–Trinajstić information content (AvgIpc) is 2.42. The molecule has 1 rings (SSSR count). The van der Waals surface area contributed by atoms with Crippen LogP contribution in [0.15, 0.2) is 0 Å². The Bertz CT molecular complexity index is 345. The van der Waals surface area contributed by atoms with Crippen LogP contribution >= 0.6 is 0 Å². The molecule has 5 nitrogen and oxygen atoms in total. The van der Waals surface area contributed by atoms with Crippen LogP contribution in [-0.4, -0.2) is 42.1 Å². The molecule has 1 fully saturated rings. The van der Waals surface area contributed by atoms with Gasteiger partial charge in [0.15, 0.2) is 6.17 Å². The van der Waals surface area contributed by atoms with Crippen molar-refractivity contribution in [2.24, 2.45) is 5.41 Å². The Kier molecular flexibility index (Phi) is 4.05. The van der Waals surface area contributed by atoms with E-state index in [1.807, 2.05) is 13.8 Å². The standard InChI is InChI=1S/C13H24N2O3/c1-12(2,3)8-13(4,5)18-11(17)10-14-7-9(16)15(10)6/h10,14H,7-8H2,1-6H3/t10-/m0/s1. The Labute approximate surface area is 109 Å². The second-order valence-electron chi connectivity index (χ2n) is 6.71. The molecule has 5 heteroatoms. The van der Waals surface area contributed by atoms with Crippen LogP contribution in [0.3, 0.4) is 0 Å². The highest BCUT2D eigenvalue weighted by Crippen LogP contribution is 2.29. The quantitative estimate of drug-likeness (QED) is 0.769. The fourth-order valence-electron chi connectivity index (χ4n) is 2.47. The fourth-order valence-corrected chi connectivity index (χ4v) is 2.47. The Balaban J connectivity index is 2.62. The molecule has 0 aromatic rings. The first-order valence-electron chi connectivity index (χ1n) is 6.24. The van der Waals surface area contributed by atoms with Crippen molar-refractivity contribution in [3.63, 3.8) is 0 Å². The van der Waals surface area contributed by atoms with Gasteiger partial charge in [-0.25, -0.2) is 4.79 Å². The predicted octanol–water partition coefficient (Wildman–Crippen LogP) is 1.13. The first-order valence-corrected chi connectivity index (χ1v) is 6.24. The molecule has 1 amide bonds. The molecule has 1 atom stereocenters.